The van der Waals surface area contributed by atoms with Crippen molar-refractivity contribution >= 4 is 32.9 Å². The standard InChI is InChI=1S/C12H13IN2O/c14-13-9-4-7-12(8-10-13)15(16)11-5-2-1-3-6-11/h1-10,15H,14H2. The van der Waals surface area contributed by atoms with Crippen LogP contribution in [0.15, 0.2) is 54.3 Å². The summed E-state index contributed by atoms with van der Waals surface area (Å²) in [4.78, 5) is 0. The van der Waals surface area contributed by atoms with Crippen LogP contribution in [0.5, 0.6) is 0 Å². The van der Waals surface area contributed by atoms with Gasteiger partial charge in [-0.2, -0.15) is 0 Å². The number of para-hydroxylation sites is 1. The lowest BCUT2D eigenvalue weighted by molar-refractivity contribution is -0.727. The maximum Gasteiger partial charge on any atom is 0.136 e. The van der Waals surface area contributed by atoms with E-state index in [4.69, 9.17) is 3.95 Å². The third-order valence-electron chi connectivity index (χ3n) is 2.18. The molecule has 0 bridgehead atoms. The molecule has 1 unspecified atom stereocenters. The molecule has 1 aromatic rings. The molecule has 0 saturated heterocycles. The number of halogens is 1. The first-order valence-corrected chi connectivity index (χ1v) is 8.58. The molecule has 0 aromatic heterocycles. The van der Waals surface area contributed by atoms with Crippen molar-refractivity contribution in [1.82, 2.24) is 0 Å². The van der Waals surface area contributed by atoms with Crippen LogP contribution in [0, 0.1) is 5.21 Å². The molecule has 3 N–H and O–H groups in total. The lowest BCUT2D eigenvalue weighted by Crippen LogP contribution is -2.99. The summed E-state index contributed by atoms with van der Waals surface area (Å²) in [5.74, 6) is 0. The zero-order valence-electron chi connectivity index (χ0n) is 8.64. The molecule has 1 aliphatic rings. The third kappa shape index (κ3) is 2.79. The highest BCUT2D eigenvalue weighted by molar-refractivity contribution is 14.2. The van der Waals surface area contributed by atoms with Crippen molar-refractivity contribution in [2.45, 2.75) is 0 Å². The summed E-state index contributed by atoms with van der Waals surface area (Å²) in [5, 5.41) is 12.1. The summed E-state index contributed by atoms with van der Waals surface area (Å²) in [6.07, 6.45) is 5.57. The molecule has 1 aromatic carbocycles. The number of hydrogen-bond acceptors (Lipinski definition) is 2. The van der Waals surface area contributed by atoms with E-state index in [-0.39, 0.29) is 5.06 Å². The molecule has 2 rings (SSSR count). The minimum atomic E-state index is -1.54. The largest absolute Gasteiger partial charge is 0.623 e. The van der Waals surface area contributed by atoms with Crippen molar-refractivity contribution in [3.05, 3.63) is 59.5 Å². The SMILES string of the molecule is NI1=CC=CC([NH+]([O-])c2ccccc2)=CC=1. The monoisotopic (exact) mass is 328 g/mol. The lowest BCUT2D eigenvalue weighted by Gasteiger charge is -2.21. The van der Waals surface area contributed by atoms with Gasteiger partial charge in [-0.3, -0.25) is 3.95 Å². The highest BCUT2D eigenvalue weighted by Gasteiger charge is 2.05. The fraction of sp³-hybridized carbons (Fsp3) is 0. The molecule has 1 aliphatic heterocycles. The van der Waals surface area contributed by atoms with Gasteiger partial charge in [0, 0.05) is 12.2 Å². The van der Waals surface area contributed by atoms with E-state index in [9.17, 15) is 5.21 Å². The second-order valence-corrected chi connectivity index (χ2v) is 6.90. The zero-order chi connectivity index (χ0) is 11.4. The first-order valence-electron chi connectivity index (χ1n) is 4.85. The van der Waals surface area contributed by atoms with Gasteiger partial charge in [0.05, 0.1) is 0 Å². The van der Waals surface area contributed by atoms with Crippen LogP contribution >= 0.6 is 19.1 Å². The van der Waals surface area contributed by atoms with Crippen LogP contribution in [-0.2, 0) is 0 Å². The Bertz CT molecular complexity index is 511. The molecule has 0 aliphatic carbocycles. The summed E-state index contributed by atoms with van der Waals surface area (Å²) in [7, 11) is 0. The maximum atomic E-state index is 12.1. The fourth-order valence-electron chi connectivity index (χ4n) is 1.37. The number of nitrogens with two attached hydrogens (primary N) is 1. The highest BCUT2D eigenvalue weighted by atomic mass is 127. The van der Waals surface area contributed by atoms with Gasteiger partial charge in [0.2, 0.25) is 0 Å². The number of benzene rings is 1. The van der Waals surface area contributed by atoms with Gasteiger partial charge in [0.15, 0.2) is 0 Å². The summed E-state index contributed by atoms with van der Waals surface area (Å²) in [6, 6.07) is 9.28. The Kier molecular flexibility index (Phi) is 3.89. The van der Waals surface area contributed by atoms with Gasteiger partial charge in [-0.1, -0.05) is 43.4 Å². The zero-order valence-corrected chi connectivity index (χ0v) is 10.8. The lowest BCUT2D eigenvalue weighted by atomic mass is 10.3. The molecule has 1 heterocycles. The van der Waals surface area contributed by atoms with Crippen molar-refractivity contribution in [3.8, 4) is 0 Å². The highest BCUT2D eigenvalue weighted by Crippen LogP contribution is 2.04. The van der Waals surface area contributed by atoms with Gasteiger partial charge in [0.25, 0.3) is 0 Å². The van der Waals surface area contributed by atoms with Crippen LogP contribution in [0.4, 0.5) is 5.69 Å². The Hall–Kier alpha value is -0.950. The predicted molar refractivity (Wildman–Crippen MR) is 78.0 cm³/mol. The number of nitrogens with one attached hydrogen (secondary N) is 1. The Morgan fingerprint density at radius 1 is 1.12 bits per heavy atom. The van der Waals surface area contributed by atoms with E-state index in [0.717, 1.165) is 0 Å². The van der Waals surface area contributed by atoms with Gasteiger partial charge in [0.1, 0.15) is 11.4 Å². The molecule has 0 fully saturated rings. The second kappa shape index (κ2) is 5.40. The number of hydroxylamine groups is 1. The van der Waals surface area contributed by atoms with Crippen LogP contribution in [0.2, 0.25) is 0 Å². The minimum absolute atomic E-state index is 0.0488. The van der Waals surface area contributed by atoms with Crippen molar-refractivity contribution in [2.24, 2.45) is 3.95 Å². The molecule has 4 heteroatoms. The molecular weight excluding hydrogens is 315 g/mol. The summed E-state index contributed by atoms with van der Waals surface area (Å²) in [6.45, 7) is 0. The van der Waals surface area contributed by atoms with Gasteiger partial charge in [-0.25, -0.2) is 0 Å². The normalized spacial score (nSPS) is 18.0. The molecule has 16 heavy (non-hydrogen) atoms. The summed E-state index contributed by atoms with van der Waals surface area (Å²) < 4.78 is 9.85. The van der Waals surface area contributed by atoms with Crippen LogP contribution in [0.1, 0.15) is 0 Å². The van der Waals surface area contributed by atoms with E-state index in [1.54, 1.807) is 0 Å². The van der Waals surface area contributed by atoms with E-state index >= 15 is 0 Å². The van der Waals surface area contributed by atoms with Gasteiger partial charge in [-0.05, 0) is 20.2 Å². The average Bonchev–Trinajstić information content (AvgIpc) is 2.54. The Labute approximate surface area is 101 Å². The van der Waals surface area contributed by atoms with Crippen LogP contribution < -0.4 is 9.01 Å². The number of allylic oxidation sites excluding steroid dienone is 3. The topological polar surface area (TPSA) is 53.5 Å². The first-order chi connectivity index (χ1) is 7.77. The molecule has 3 nitrogen and oxygen atoms in total. The maximum absolute atomic E-state index is 12.1. The molecule has 0 saturated carbocycles. The van der Waals surface area contributed by atoms with Crippen LogP contribution in [0.3, 0.4) is 0 Å². The molecule has 0 radical (unpaired) electrons. The van der Waals surface area contributed by atoms with E-state index in [1.165, 1.54) is 0 Å². The fourth-order valence-corrected chi connectivity index (χ4v) is 3.10. The number of rotatable bonds is 2. The Balaban J connectivity index is 2.28. The van der Waals surface area contributed by atoms with Crippen molar-refractivity contribution in [2.75, 3.05) is 0 Å². The quantitative estimate of drug-likeness (QED) is 0.486. The molecule has 0 spiro atoms. The van der Waals surface area contributed by atoms with E-state index < -0.39 is 19.1 Å². The van der Waals surface area contributed by atoms with Crippen molar-refractivity contribution in [3.63, 3.8) is 0 Å². The van der Waals surface area contributed by atoms with Crippen molar-refractivity contribution < 1.29 is 5.06 Å². The molecule has 0 amide bonds. The predicted octanol–water partition coefficient (Wildman–Crippen LogP) is 1.14. The number of hydrogen-bond donors (Lipinski definition) is 2. The molecule has 84 valence electrons. The minimum Gasteiger partial charge on any atom is -0.623 e. The van der Waals surface area contributed by atoms with E-state index in [2.05, 4.69) is 0 Å². The second-order valence-electron chi connectivity index (χ2n) is 3.31. The third-order valence-corrected chi connectivity index (χ3v) is 4.62. The smallest absolute Gasteiger partial charge is 0.136 e. The average molecular weight is 328 g/mol. The molecule has 1 atom stereocenters. The van der Waals surface area contributed by atoms with Gasteiger partial charge < -0.3 is 10.3 Å². The van der Waals surface area contributed by atoms with E-state index in [1.807, 2.05) is 56.6 Å². The first kappa shape index (κ1) is 11.5. The van der Waals surface area contributed by atoms with Crippen molar-refractivity contribution in [1.29, 1.82) is 0 Å². The van der Waals surface area contributed by atoms with Crippen LogP contribution in [-0.4, -0.2) is 8.02 Å². The Morgan fingerprint density at radius 2 is 1.88 bits per heavy atom. The van der Waals surface area contributed by atoms with E-state index in [0.29, 0.717) is 11.4 Å². The molecular formula is C12H13IN2O. The number of quaternary nitrogens is 1. The van der Waals surface area contributed by atoms with Gasteiger partial charge >= 0.3 is 0 Å². The Morgan fingerprint density at radius 3 is 2.62 bits per heavy atom. The van der Waals surface area contributed by atoms with Crippen LogP contribution in [0.25, 0.3) is 0 Å². The summed E-state index contributed by atoms with van der Waals surface area (Å²) >= 11 is -1.54. The van der Waals surface area contributed by atoms with Gasteiger partial charge in [-0.15, -0.1) is 0 Å². The summed E-state index contributed by atoms with van der Waals surface area (Å²) in [5.41, 5.74) is 1.42.